The molecular weight excluding hydrogens is 252 g/mol. The maximum absolute atomic E-state index is 7.48. The van der Waals surface area contributed by atoms with Crippen molar-refractivity contribution in [3.05, 3.63) is 59.2 Å². The Hall–Kier alpha value is -2.49. The van der Waals surface area contributed by atoms with Crippen molar-refractivity contribution < 1.29 is 9.47 Å². The summed E-state index contributed by atoms with van der Waals surface area (Å²) in [4.78, 5) is 0. The highest BCUT2D eigenvalue weighted by molar-refractivity contribution is 5.95. The Morgan fingerprint density at radius 1 is 1.20 bits per heavy atom. The molecule has 3 N–H and O–H groups in total. The molecule has 0 fully saturated rings. The fourth-order valence-corrected chi connectivity index (χ4v) is 1.93. The van der Waals surface area contributed by atoms with E-state index in [0.29, 0.717) is 12.2 Å². The third-order valence-electron chi connectivity index (χ3n) is 2.98. The summed E-state index contributed by atoms with van der Waals surface area (Å²) in [7, 11) is 1.61. The Balaban J connectivity index is 2.19. The summed E-state index contributed by atoms with van der Waals surface area (Å²) in [5.74, 6) is 1.56. The van der Waals surface area contributed by atoms with Gasteiger partial charge < -0.3 is 15.2 Å². The lowest BCUT2D eigenvalue weighted by atomic mass is 10.1. The quantitative estimate of drug-likeness (QED) is 0.648. The summed E-state index contributed by atoms with van der Waals surface area (Å²) in [6.07, 6.45) is 0. The van der Waals surface area contributed by atoms with Crippen molar-refractivity contribution in [2.75, 3.05) is 7.11 Å². The second kappa shape index (κ2) is 6.10. The molecule has 0 aliphatic heterocycles. The summed E-state index contributed by atoms with van der Waals surface area (Å²) in [6.45, 7) is 2.39. The van der Waals surface area contributed by atoms with Gasteiger partial charge in [-0.25, -0.2) is 0 Å². The fraction of sp³-hybridized carbons (Fsp3) is 0.188. The summed E-state index contributed by atoms with van der Waals surface area (Å²) < 4.78 is 11.1. The van der Waals surface area contributed by atoms with Crippen LogP contribution in [0.15, 0.2) is 42.5 Å². The van der Waals surface area contributed by atoms with Gasteiger partial charge in [-0.1, -0.05) is 12.1 Å². The summed E-state index contributed by atoms with van der Waals surface area (Å²) >= 11 is 0. The van der Waals surface area contributed by atoms with E-state index in [-0.39, 0.29) is 5.84 Å². The number of nitrogen functional groups attached to an aromatic ring is 1. The molecule has 0 spiro atoms. The molecule has 0 saturated heterocycles. The number of hydrogen-bond acceptors (Lipinski definition) is 3. The minimum absolute atomic E-state index is 0.0319. The first-order chi connectivity index (χ1) is 9.60. The molecule has 2 rings (SSSR count). The number of methoxy groups -OCH3 is 1. The second-order valence-electron chi connectivity index (χ2n) is 4.55. The zero-order valence-electron chi connectivity index (χ0n) is 11.6. The second-order valence-corrected chi connectivity index (χ2v) is 4.55. The minimum Gasteiger partial charge on any atom is -0.496 e. The van der Waals surface area contributed by atoms with Gasteiger partial charge in [0.1, 0.15) is 23.9 Å². The SMILES string of the molecule is COc1ccc(C(=N)N)cc1COc1cccc(C)c1. The van der Waals surface area contributed by atoms with Gasteiger partial charge in [-0.05, 0) is 42.8 Å². The summed E-state index contributed by atoms with van der Waals surface area (Å²) in [5, 5.41) is 7.48. The predicted octanol–water partition coefficient (Wildman–Crippen LogP) is 2.87. The molecule has 0 aromatic heterocycles. The number of nitrogens with one attached hydrogen (secondary N) is 1. The van der Waals surface area contributed by atoms with Crippen molar-refractivity contribution in [2.24, 2.45) is 5.73 Å². The first kappa shape index (κ1) is 13.9. The zero-order valence-corrected chi connectivity index (χ0v) is 11.6. The van der Waals surface area contributed by atoms with Gasteiger partial charge in [-0.3, -0.25) is 5.41 Å². The van der Waals surface area contributed by atoms with Gasteiger partial charge in [0, 0.05) is 11.1 Å². The standard InChI is InChI=1S/C16H18N2O2/c1-11-4-3-5-14(8-11)20-10-13-9-12(16(17)18)6-7-15(13)19-2/h3-9H,10H2,1-2H3,(H3,17,18). The zero-order chi connectivity index (χ0) is 14.5. The highest BCUT2D eigenvalue weighted by Gasteiger charge is 2.07. The number of ether oxygens (including phenoxy) is 2. The van der Waals surface area contributed by atoms with E-state index < -0.39 is 0 Å². The Morgan fingerprint density at radius 3 is 2.65 bits per heavy atom. The van der Waals surface area contributed by atoms with E-state index in [0.717, 1.165) is 22.6 Å². The van der Waals surface area contributed by atoms with Gasteiger partial charge in [-0.15, -0.1) is 0 Å². The minimum atomic E-state index is 0.0319. The van der Waals surface area contributed by atoms with E-state index >= 15 is 0 Å². The van der Waals surface area contributed by atoms with E-state index in [1.807, 2.05) is 37.3 Å². The van der Waals surface area contributed by atoms with Crippen LogP contribution in [0.3, 0.4) is 0 Å². The monoisotopic (exact) mass is 270 g/mol. The highest BCUT2D eigenvalue weighted by atomic mass is 16.5. The van der Waals surface area contributed by atoms with Crippen molar-refractivity contribution in [3.63, 3.8) is 0 Å². The van der Waals surface area contributed by atoms with Crippen LogP contribution in [0.5, 0.6) is 11.5 Å². The van der Waals surface area contributed by atoms with E-state index in [1.54, 1.807) is 19.2 Å². The molecular formula is C16H18N2O2. The number of hydrogen-bond donors (Lipinski definition) is 2. The van der Waals surface area contributed by atoms with Crippen LogP contribution in [0.4, 0.5) is 0 Å². The topological polar surface area (TPSA) is 68.3 Å². The molecule has 0 radical (unpaired) electrons. The molecule has 0 aliphatic carbocycles. The van der Waals surface area contributed by atoms with Crippen molar-refractivity contribution in [1.82, 2.24) is 0 Å². The predicted molar refractivity (Wildman–Crippen MR) is 79.5 cm³/mol. The highest BCUT2D eigenvalue weighted by Crippen LogP contribution is 2.22. The normalized spacial score (nSPS) is 10.1. The van der Waals surface area contributed by atoms with Crippen LogP contribution in [0.25, 0.3) is 0 Å². The first-order valence-electron chi connectivity index (χ1n) is 6.31. The van der Waals surface area contributed by atoms with E-state index in [4.69, 9.17) is 20.6 Å². The average Bonchev–Trinajstić information content (AvgIpc) is 2.44. The average molecular weight is 270 g/mol. The summed E-state index contributed by atoms with van der Waals surface area (Å²) in [5.41, 5.74) is 8.17. The van der Waals surface area contributed by atoms with E-state index in [1.165, 1.54) is 0 Å². The van der Waals surface area contributed by atoms with E-state index in [9.17, 15) is 0 Å². The van der Waals surface area contributed by atoms with Crippen LogP contribution in [0.1, 0.15) is 16.7 Å². The molecule has 4 nitrogen and oxygen atoms in total. The molecule has 0 bridgehead atoms. The number of benzene rings is 2. The number of rotatable bonds is 5. The lowest BCUT2D eigenvalue weighted by Gasteiger charge is -2.12. The van der Waals surface area contributed by atoms with Gasteiger partial charge in [-0.2, -0.15) is 0 Å². The molecule has 0 amide bonds. The Kier molecular flexibility index (Phi) is 4.25. The van der Waals surface area contributed by atoms with Crippen LogP contribution in [0, 0.1) is 12.3 Å². The van der Waals surface area contributed by atoms with Crippen molar-refractivity contribution in [1.29, 1.82) is 5.41 Å². The maximum Gasteiger partial charge on any atom is 0.125 e. The smallest absolute Gasteiger partial charge is 0.125 e. The van der Waals surface area contributed by atoms with Gasteiger partial charge in [0.25, 0.3) is 0 Å². The molecule has 2 aromatic rings. The lowest BCUT2D eigenvalue weighted by molar-refractivity contribution is 0.296. The molecule has 0 saturated carbocycles. The van der Waals surface area contributed by atoms with Gasteiger partial charge in [0.2, 0.25) is 0 Å². The molecule has 0 atom stereocenters. The fourth-order valence-electron chi connectivity index (χ4n) is 1.93. The van der Waals surface area contributed by atoms with Crippen LogP contribution in [-0.2, 0) is 6.61 Å². The first-order valence-corrected chi connectivity index (χ1v) is 6.31. The molecule has 4 heteroatoms. The maximum atomic E-state index is 7.48. The Morgan fingerprint density at radius 2 is 2.00 bits per heavy atom. The van der Waals surface area contributed by atoms with Crippen molar-refractivity contribution >= 4 is 5.84 Å². The molecule has 20 heavy (non-hydrogen) atoms. The van der Waals surface area contributed by atoms with Crippen molar-refractivity contribution in [2.45, 2.75) is 13.5 Å². The number of amidine groups is 1. The Labute approximate surface area is 118 Å². The molecule has 2 aromatic carbocycles. The van der Waals surface area contributed by atoms with Gasteiger partial charge >= 0.3 is 0 Å². The third kappa shape index (κ3) is 3.29. The Bertz CT molecular complexity index is 624. The van der Waals surface area contributed by atoms with Gasteiger partial charge in [0.15, 0.2) is 0 Å². The largest absolute Gasteiger partial charge is 0.496 e. The van der Waals surface area contributed by atoms with Crippen LogP contribution in [-0.4, -0.2) is 12.9 Å². The number of nitrogens with two attached hydrogens (primary N) is 1. The lowest BCUT2D eigenvalue weighted by Crippen LogP contribution is -2.12. The third-order valence-corrected chi connectivity index (χ3v) is 2.98. The molecule has 0 aliphatic rings. The molecule has 0 heterocycles. The van der Waals surface area contributed by atoms with Crippen molar-refractivity contribution in [3.8, 4) is 11.5 Å². The number of aryl methyl sites for hydroxylation is 1. The van der Waals surface area contributed by atoms with Crippen LogP contribution < -0.4 is 15.2 Å². The van der Waals surface area contributed by atoms with Gasteiger partial charge in [0.05, 0.1) is 7.11 Å². The van der Waals surface area contributed by atoms with Crippen LogP contribution >= 0.6 is 0 Å². The van der Waals surface area contributed by atoms with Crippen LogP contribution in [0.2, 0.25) is 0 Å². The summed E-state index contributed by atoms with van der Waals surface area (Å²) in [6, 6.07) is 13.2. The molecule has 0 unspecified atom stereocenters. The van der Waals surface area contributed by atoms with E-state index in [2.05, 4.69) is 0 Å². The molecule has 104 valence electrons.